The van der Waals surface area contributed by atoms with Crippen LogP contribution in [0.5, 0.6) is 0 Å². The molecule has 2 aliphatic heterocycles. The van der Waals surface area contributed by atoms with Crippen molar-refractivity contribution < 1.29 is 29.0 Å². The van der Waals surface area contributed by atoms with E-state index in [2.05, 4.69) is 65.4 Å². The SMILES string of the molecule is CC[C@H]1c2cc3[nH]c4c(c3C)C(=O)C(C(=O)OC)=c4c3nc(cc4[nH]c(cc(n2)[C@@H]1C)c(=C(C)O)c4C)[C@@H](C)[C@@H]3CCC(=O)OC/C=C(\C)CCC[C@H](C)CCC[C@H](C)CCCC(C)C. The monoisotopic (exact) mass is 889 g/mol. The number of aliphatic hydroxyl groups excluding tert-OH is 1. The van der Waals surface area contributed by atoms with Crippen LogP contribution in [0, 0.1) is 31.6 Å². The number of nitrogens with zero attached hydrogens (tertiary/aromatic N) is 2. The third-order valence-corrected chi connectivity index (χ3v) is 14.7. The van der Waals surface area contributed by atoms with Gasteiger partial charge in [0.05, 0.1) is 35.2 Å². The van der Waals surface area contributed by atoms with Crippen LogP contribution in [0.25, 0.3) is 33.4 Å². The fourth-order valence-corrected chi connectivity index (χ4v) is 10.6. The van der Waals surface area contributed by atoms with Gasteiger partial charge in [-0.15, -0.1) is 0 Å². The number of esters is 2. The van der Waals surface area contributed by atoms with Crippen molar-refractivity contribution in [1.82, 2.24) is 19.9 Å². The minimum Gasteiger partial charge on any atom is -0.512 e. The number of fused-ring (bicyclic) bond motifs is 8. The second kappa shape index (κ2) is 21.5. The van der Waals surface area contributed by atoms with Crippen LogP contribution >= 0.6 is 0 Å². The summed E-state index contributed by atoms with van der Waals surface area (Å²) in [5, 5.41) is 12.1. The quantitative estimate of drug-likeness (QED) is 0.0796. The van der Waals surface area contributed by atoms with E-state index in [0.717, 1.165) is 75.9 Å². The van der Waals surface area contributed by atoms with Gasteiger partial charge in [-0.3, -0.25) is 19.6 Å². The molecule has 5 heterocycles. The fraction of sp³-hybridized carbons (Fsp3) is 0.582. The molecular formula is C55H76N4O6. The molecule has 0 fully saturated rings. The van der Waals surface area contributed by atoms with Crippen LogP contribution < -0.4 is 10.4 Å². The van der Waals surface area contributed by atoms with Gasteiger partial charge < -0.3 is 24.5 Å². The lowest BCUT2D eigenvalue weighted by atomic mass is 9.86. The van der Waals surface area contributed by atoms with Crippen molar-refractivity contribution in [2.45, 2.75) is 177 Å². The topological polar surface area (TPSA) is 147 Å². The normalized spacial score (nSPS) is 19.8. The lowest BCUT2D eigenvalue weighted by Gasteiger charge is -2.16. The average Bonchev–Trinajstić information content (AvgIpc) is 4.00. The minimum atomic E-state index is -0.729. The standard InChI is InChI=1S/C55H76N4O6/c1-13-39-34(7)41-29-46-48(38(11)60)36(9)43(57-46)27-42-35(8)40(52(58-42)50-51(55(63)64-12)54(62)49-37(10)44(59-53(49)50)28-45(39)56-41)23-24-47(61)65-26-25-33(6)22-16-21-32(5)20-15-19-31(4)18-14-17-30(2)3/h25,27-32,34-35,39-40,57,59-60H,13-24,26H2,1-12H3/b33-25+,42-27?,45-28?,46-29?,48-38?/t31-,32-,34-,35+,39-,40+/m1/s1. The molecule has 6 rings (SSSR count). The van der Waals surface area contributed by atoms with Crippen LogP contribution in [0.2, 0.25) is 0 Å². The number of hydrogen-bond acceptors (Lipinski definition) is 8. The average molecular weight is 889 g/mol. The number of methoxy groups -OCH3 is 1. The van der Waals surface area contributed by atoms with Crippen LogP contribution in [-0.2, 0) is 19.1 Å². The Labute approximate surface area is 386 Å². The highest BCUT2D eigenvalue weighted by Gasteiger charge is 2.38. The number of aryl methyl sites for hydroxylation is 2. The van der Waals surface area contributed by atoms with Gasteiger partial charge in [-0.25, -0.2) is 4.79 Å². The first-order valence-corrected chi connectivity index (χ1v) is 24.6. The zero-order chi connectivity index (χ0) is 47.3. The molecule has 3 aromatic heterocycles. The maximum Gasteiger partial charge on any atom is 0.342 e. The summed E-state index contributed by atoms with van der Waals surface area (Å²) < 4.78 is 11.0. The van der Waals surface area contributed by atoms with Gasteiger partial charge in [-0.05, 0) is 107 Å². The number of aromatic amines is 2. The van der Waals surface area contributed by atoms with Crippen LogP contribution in [0.15, 0.2) is 29.8 Å². The molecule has 3 N–H and O–H groups in total. The van der Waals surface area contributed by atoms with E-state index in [1.807, 2.05) is 38.1 Å². The Morgan fingerprint density at radius 2 is 1.40 bits per heavy atom. The van der Waals surface area contributed by atoms with E-state index in [1.54, 1.807) is 6.92 Å². The first kappa shape index (κ1) is 49.4. The van der Waals surface area contributed by atoms with Gasteiger partial charge in [0.25, 0.3) is 0 Å². The van der Waals surface area contributed by atoms with E-state index in [9.17, 15) is 19.5 Å². The lowest BCUT2D eigenvalue weighted by Crippen LogP contribution is -2.22. The van der Waals surface area contributed by atoms with Crippen molar-refractivity contribution in [3.05, 3.63) is 79.8 Å². The number of Topliss-reactive ketones (excluding diaryl/α,β-unsaturated/α-hetero) is 1. The molecule has 10 heteroatoms. The van der Waals surface area contributed by atoms with Gasteiger partial charge in [-0.1, -0.05) is 99.0 Å². The van der Waals surface area contributed by atoms with E-state index in [1.165, 1.54) is 57.6 Å². The zero-order valence-corrected chi connectivity index (χ0v) is 41.4. The summed E-state index contributed by atoms with van der Waals surface area (Å²) in [6, 6.07) is 6.05. The fourth-order valence-electron chi connectivity index (χ4n) is 10.6. The number of carbonyl (C=O) groups excluding carboxylic acids is 3. The Kier molecular flexibility index (Phi) is 16.4. The number of allylic oxidation sites excluding steroid dienone is 1. The number of ether oxygens (including phenoxy) is 2. The smallest absolute Gasteiger partial charge is 0.342 e. The highest BCUT2D eigenvalue weighted by Crippen LogP contribution is 2.41. The maximum atomic E-state index is 14.4. The van der Waals surface area contributed by atoms with Gasteiger partial charge >= 0.3 is 11.9 Å². The van der Waals surface area contributed by atoms with Crippen LogP contribution in [0.1, 0.15) is 207 Å². The third kappa shape index (κ3) is 11.0. The van der Waals surface area contributed by atoms with Crippen molar-refractivity contribution >= 4 is 51.1 Å². The number of carbonyl (C=O) groups is 3. The van der Waals surface area contributed by atoms with E-state index in [4.69, 9.17) is 19.4 Å². The summed E-state index contributed by atoms with van der Waals surface area (Å²) in [7, 11) is 1.28. The predicted molar refractivity (Wildman–Crippen MR) is 262 cm³/mol. The number of ketones is 1. The summed E-state index contributed by atoms with van der Waals surface area (Å²) >= 11 is 0. The molecule has 1 aliphatic carbocycles. The Balaban J connectivity index is 1.26. The summed E-state index contributed by atoms with van der Waals surface area (Å²) in [6.45, 7) is 23.7. The number of aromatic nitrogens is 4. The van der Waals surface area contributed by atoms with Crippen molar-refractivity contribution in [3.8, 4) is 0 Å². The molecule has 0 saturated carbocycles. The van der Waals surface area contributed by atoms with E-state index >= 15 is 0 Å². The molecule has 65 heavy (non-hydrogen) atoms. The molecule has 0 radical (unpaired) electrons. The summed E-state index contributed by atoms with van der Waals surface area (Å²) in [6.07, 6.45) is 14.6. The summed E-state index contributed by atoms with van der Waals surface area (Å²) in [5.74, 6) is 0.751. The van der Waals surface area contributed by atoms with Gasteiger partial charge in [-0.2, -0.15) is 0 Å². The Morgan fingerprint density at radius 3 is 2.05 bits per heavy atom. The molecule has 10 nitrogen and oxygen atoms in total. The number of rotatable bonds is 19. The number of nitrogens with one attached hydrogen (secondary N) is 2. The summed E-state index contributed by atoms with van der Waals surface area (Å²) in [5.41, 5.74) is 9.07. The Morgan fingerprint density at radius 1 is 0.800 bits per heavy atom. The molecule has 0 unspecified atom stereocenters. The third-order valence-electron chi connectivity index (χ3n) is 14.7. The Bertz CT molecular complexity index is 2590. The lowest BCUT2D eigenvalue weighted by molar-refractivity contribution is -0.142. The first-order chi connectivity index (χ1) is 30.9. The molecule has 3 aliphatic rings. The predicted octanol–water partition coefficient (Wildman–Crippen LogP) is 12.0. The zero-order valence-electron chi connectivity index (χ0n) is 41.4. The molecule has 0 saturated heterocycles. The van der Waals surface area contributed by atoms with Gasteiger partial charge in [0, 0.05) is 68.6 Å². The largest absolute Gasteiger partial charge is 0.512 e. The number of aliphatic hydroxyl groups is 1. The van der Waals surface area contributed by atoms with Gasteiger partial charge in [0.2, 0.25) is 5.78 Å². The number of hydrogen-bond donors (Lipinski definition) is 3. The molecule has 3 aromatic rings. The van der Waals surface area contributed by atoms with E-state index in [-0.39, 0.29) is 54.0 Å². The van der Waals surface area contributed by atoms with Gasteiger partial charge in [0.1, 0.15) is 12.2 Å². The summed E-state index contributed by atoms with van der Waals surface area (Å²) in [4.78, 5) is 58.9. The molecule has 0 aromatic carbocycles. The van der Waals surface area contributed by atoms with E-state index in [0.29, 0.717) is 39.6 Å². The highest BCUT2D eigenvalue weighted by molar-refractivity contribution is 6.48. The molecular weight excluding hydrogens is 813 g/mol. The van der Waals surface area contributed by atoms with Crippen LogP contribution in [-0.4, -0.2) is 56.5 Å². The minimum absolute atomic E-state index is 0.0592. The van der Waals surface area contributed by atoms with Crippen LogP contribution in [0.4, 0.5) is 0 Å². The van der Waals surface area contributed by atoms with Crippen molar-refractivity contribution in [1.29, 1.82) is 0 Å². The molecule has 0 spiro atoms. The van der Waals surface area contributed by atoms with Crippen molar-refractivity contribution in [3.63, 3.8) is 0 Å². The second-order valence-electron chi connectivity index (χ2n) is 20.2. The van der Waals surface area contributed by atoms with Gasteiger partial charge in [0.15, 0.2) is 0 Å². The first-order valence-electron chi connectivity index (χ1n) is 24.6. The molecule has 8 bridgehead atoms. The Hall–Kier alpha value is -4.99. The molecule has 0 amide bonds. The highest BCUT2D eigenvalue weighted by atomic mass is 16.5. The second-order valence-corrected chi connectivity index (χ2v) is 20.2. The van der Waals surface area contributed by atoms with Crippen LogP contribution in [0.3, 0.4) is 0 Å². The van der Waals surface area contributed by atoms with Crippen molar-refractivity contribution in [2.24, 2.45) is 17.8 Å². The maximum absolute atomic E-state index is 14.4. The number of H-pyrrole nitrogens is 2. The molecule has 6 atom stereocenters. The van der Waals surface area contributed by atoms with E-state index < -0.39 is 11.8 Å². The molecule has 352 valence electrons. The van der Waals surface area contributed by atoms with Crippen molar-refractivity contribution in [2.75, 3.05) is 13.7 Å².